The van der Waals surface area contributed by atoms with Crippen LogP contribution in [0.15, 0.2) is 29.2 Å². The smallest absolute Gasteiger partial charge is 0.270 e. The highest BCUT2D eigenvalue weighted by Gasteiger charge is 2.23. The molecule has 0 bridgehead atoms. The van der Waals surface area contributed by atoms with Gasteiger partial charge in [0.25, 0.3) is 5.56 Å². The molecule has 2 N–H and O–H groups in total. The number of hydrogen-bond acceptors (Lipinski definition) is 6. The van der Waals surface area contributed by atoms with Crippen molar-refractivity contribution in [2.75, 3.05) is 11.9 Å². The molecule has 8 heteroatoms. The Morgan fingerprint density at radius 1 is 1.23 bits per heavy atom. The zero-order valence-corrected chi connectivity index (χ0v) is 16.4. The molecule has 2 aromatic heterocycles. The second kappa shape index (κ2) is 7.50. The summed E-state index contributed by atoms with van der Waals surface area (Å²) in [6.45, 7) is 1.52. The number of hydrogen-bond donors (Lipinski definition) is 2. The zero-order chi connectivity index (χ0) is 20.7. The maximum absolute atomic E-state index is 14.6. The minimum Gasteiger partial charge on any atom is -0.322 e. The van der Waals surface area contributed by atoms with Gasteiger partial charge >= 0.3 is 0 Å². The molecule has 1 saturated carbocycles. The number of rotatable bonds is 3. The van der Waals surface area contributed by atoms with E-state index in [0.717, 1.165) is 49.8 Å². The Hall–Kier alpha value is -3.31. The van der Waals surface area contributed by atoms with Gasteiger partial charge in [0.1, 0.15) is 23.1 Å². The van der Waals surface area contributed by atoms with Gasteiger partial charge in [-0.15, -0.1) is 0 Å². The largest absolute Gasteiger partial charge is 0.322 e. The summed E-state index contributed by atoms with van der Waals surface area (Å²) in [7, 11) is 0. The van der Waals surface area contributed by atoms with Gasteiger partial charge in [-0.25, -0.2) is 9.37 Å². The Bertz CT molecular complexity index is 1240. The van der Waals surface area contributed by atoms with E-state index >= 15 is 0 Å². The number of nitriles is 1. The van der Waals surface area contributed by atoms with E-state index in [1.165, 1.54) is 6.07 Å². The molecule has 1 aliphatic carbocycles. The first kappa shape index (κ1) is 18.7. The normalized spacial score (nSPS) is 16.4. The molecule has 0 spiro atoms. The van der Waals surface area contributed by atoms with Crippen molar-refractivity contribution >= 4 is 22.7 Å². The summed E-state index contributed by atoms with van der Waals surface area (Å²) >= 11 is 0. The van der Waals surface area contributed by atoms with Crippen molar-refractivity contribution < 1.29 is 4.39 Å². The summed E-state index contributed by atoms with van der Waals surface area (Å²) in [4.78, 5) is 21.7. The van der Waals surface area contributed by atoms with E-state index in [1.54, 1.807) is 16.8 Å². The average molecular weight is 404 g/mol. The molecule has 7 nitrogen and oxygen atoms in total. The van der Waals surface area contributed by atoms with Crippen molar-refractivity contribution in [1.82, 2.24) is 19.9 Å². The fraction of sp³-hybridized carbons (Fsp3) is 0.364. The van der Waals surface area contributed by atoms with Crippen molar-refractivity contribution in [3.8, 4) is 6.07 Å². The van der Waals surface area contributed by atoms with Gasteiger partial charge in [-0.2, -0.15) is 10.2 Å². The van der Waals surface area contributed by atoms with Crippen molar-refractivity contribution in [3.05, 3.63) is 57.3 Å². The molecule has 0 saturated heterocycles. The molecule has 3 aromatic rings. The molecule has 0 radical (unpaired) electrons. The Labute approximate surface area is 172 Å². The second-order valence-corrected chi connectivity index (χ2v) is 7.91. The van der Waals surface area contributed by atoms with Gasteiger partial charge < -0.3 is 10.6 Å². The lowest BCUT2D eigenvalue weighted by molar-refractivity contribution is 0.515. The molecule has 0 atom stereocenters. The average Bonchev–Trinajstić information content (AvgIpc) is 3.28. The number of benzene rings is 1. The molecule has 30 heavy (non-hydrogen) atoms. The minimum atomic E-state index is -0.367. The highest BCUT2D eigenvalue weighted by atomic mass is 19.1. The van der Waals surface area contributed by atoms with Gasteiger partial charge in [0, 0.05) is 24.2 Å². The van der Waals surface area contributed by atoms with Crippen LogP contribution in [0.2, 0.25) is 0 Å². The van der Waals surface area contributed by atoms with E-state index in [1.807, 2.05) is 12.1 Å². The minimum absolute atomic E-state index is 0.0176. The molecule has 152 valence electrons. The van der Waals surface area contributed by atoms with Crippen LogP contribution in [0.3, 0.4) is 0 Å². The molecular formula is C22H21FN6O. The first-order chi connectivity index (χ1) is 14.6. The van der Waals surface area contributed by atoms with Gasteiger partial charge in [0.05, 0.1) is 5.69 Å². The van der Waals surface area contributed by atoms with E-state index in [2.05, 4.69) is 20.6 Å². The number of fused-ring (bicyclic) bond motifs is 2. The van der Waals surface area contributed by atoms with Gasteiger partial charge in [-0.05, 0) is 55.1 Å². The van der Waals surface area contributed by atoms with Gasteiger partial charge in [-0.3, -0.25) is 9.36 Å². The summed E-state index contributed by atoms with van der Waals surface area (Å²) < 4.78 is 16.3. The fourth-order valence-corrected chi connectivity index (χ4v) is 4.48. The molecule has 1 aliphatic heterocycles. The Balaban J connectivity index is 1.59. The quantitative estimate of drug-likeness (QED) is 0.695. The molecule has 0 unspecified atom stereocenters. The highest BCUT2D eigenvalue weighted by molar-refractivity contribution is 5.77. The molecule has 5 rings (SSSR count). The van der Waals surface area contributed by atoms with Crippen molar-refractivity contribution in [2.24, 2.45) is 0 Å². The van der Waals surface area contributed by atoms with Crippen LogP contribution in [0.4, 0.5) is 16.0 Å². The van der Waals surface area contributed by atoms with Gasteiger partial charge in [-0.1, -0.05) is 12.8 Å². The third-order valence-electron chi connectivity index (χ3n) is 6.01. The molecule has 2 aliphatic rings. The van der Waals surface area contributed by atoms with Crippen LogP contribution in [-0.2, 0) is 13.0 Å². The highest BCUT2D eigenvalue weighted by Crippen LogP contribution is 2.31. The number of nitrogens with one attached hydrogen (secondary N) is 2. The Morgan fingerprint density at radius 2 is 2.07 bits per heavy atom. The van der Waals surface area contributed by atoms with Gasteiger partial charge in [0.15, 0.2) is 0 Å². The maximum atomic E-state index is 14.6. The molecule has 1 fully saturated rings. The van der Waals surface area contributed by atoms with E-state index in [4.69, 9.17) is 0 Å². The van der Waals surface area contributed by atoms with Gasteiger partial charge in [0.2, 0.25) is 5.95 Å². The molecule has 0 amide bonds. The number of nitrogens with zero attached hydrogens (tertiary/aromatic N) is 4. The molecule has 1 aromatic carbocycles. The van der Waals surface area contributed by atoms with E-state index in [0.29, 0.717) is 23.3 Å². The maximum Gasteiger partial charge on any atom is 0.270 e. The first-order valence-electron chi connectivity index (χ1n) is 10.3. The topological polar surface area (TPSA) is 95.6 Å². The zero-order valence-electron chi connectivity index (χ0n) is 16.4. The fourth-order valence-electron chi connectivity index (χ4n) is 4.48. The second-order valence-electron chi connectivity index (χ2n) is 7.91. The van der Waals surface area contributed by atoms with Crippen LogP contribution in [-0.4, -0.2) is 21.1 Å². The van der Waals surface area contributed by atoms with E-state index < -0.39 is 0 Å². The van der Waals surface area contributed by atoms with Crippen molar-refractivity contribution in [3.63, 3.8) is 0 Å². The Kier molecular flexibility index (Phi) is 4.68. The SMILES string of the molecule is N#Cc1cc2cnc(Nc3cc4c(cc3F)CNCC4)nc2n(C2CCCC2)c1=O. The molecular weight excluding hydrogens is 383 g/mol. The Morgan fingerprint density at radius 3 is 2.87 bits per heavy atom. The predicted octanol–water partition coefficient (Wildman–Crippen LogP) is 3.31. The van der Waals surface area contributed by atoms with Crippen LogP contribution < -0.4 is 16.2 Å². The number of aromatic nitrogens is 3. The lowest BCUT2D eigenvalue weighted by atomic mass is 10.00. The predicted molar refractivity (Wildman–Crippen MR) is 111 cm³/mol. The van der Waals surface area contributed by atoms with E-state index in [-0.39, 0.29) is 28.9 Å². The summed E-state index contributed by atoms with van der Waals surface area (Å²) in [5.74, 6) is -0.139. The standard InChI is InChI=1S/C22H21FN6O/c23-18-8-15-11-25-6-5-13(15)9-19(18)27-22-26-12-16-7-14(10-24)21(30)29(20(16)28-22)17-3-1-2-4-17/h7-9,12,17,25H,1-6,11H2,(H,26,27,28). The summed E-state index contributed by atoms with van der Waals surface area (Å²) in [6.07, 6.45) is 6.26. The third-order valence-corrected chi connectivity index (χ3v) is 6.01. The number of pyridine rings is 1. The van der Waals surface area contributed by atoms with Crippen molar-refractivity contribution in [2.45, 2.75) is 44.7 Å². The number of halogens is 1. The van der Waals surface area contributed by atoms with Crippen LogP contribution in [0.5, 0.6) is 0 Å². The lowest BCUT2D eigenvalue weighted by Crippen LogP contribution is -2.27. The molecule has 3 heterocycles. The summed E-state index contributed by atoms with van der Waals surface area (Å²) in [6, 6.07) is 6.88. The first-order valence-corrected chi connectivity index (χ1v) is 10.3. The van der Waals surface area contributed by atoms with Crippen LogP contribution in [0.1, 0.15) is 48.4 Å². The van der Waals surface area contributed by atoms with E-state index in [9.17, 15) is 14.4 Å². The van der Waals surface area contributed by atoms with Crippen LogP contribution in [0.25, 0.3) is 11.0 Å². The lowest BCUT2D eigenvalue weighted by Gasteiger charge is -2.19. The monoisotopic (exact) mass is 404 g/mol. The van der Waals surface area contributed by atoms with Crippen LogP contribution in [0, 0.1) is 17.1 Å². The number of anilines is 2. The summed E-state index contributed by atoms with van der Waals surface area (Å²) in [5.41, 5.74) is 2.62. The third kappa shape index (κ3) is 3.21. The van der Waals surface area contributed by atoms with Crippen molar-refractivity contribution in [1.29, 1.82) is 5.26 Å². The summed E-state index contributed by atoms with van der Waals surface area (Å²) in [5, 5.41) is 16.2. The van der Waals surface area contributed by atoms with Crippen LogP contribution >= 0.6 is 0 Å².